The molecule has 1 aromatic rings. The third-order valence-corrected chi connectivity index (χ3v) is 4.74. The quantitative estimate of drug-likeness (QED) is 0.856. The van der Waals surface area contributed by atoms with E-state index in [-0.39, 0.29) is 18.4 Å². The summed E-state index contributed by atoms with van der Waals surface area (Å²) in [5.41, 5.74) is 1.77. The van der Waals surface area contributed by atoms with Gasteiger partial charge >= 0.3 is 0 Å². The molecule has 1 saturated carbocycles. The maximum absolute atomic E-state index is 12.4. The van der Waals surface area contributed by atoms with Crippen LogP contribution in [0.4, 0.5) is 0 Å². The minimum absolute atomic E-state index is 0.0176. The number of carbonyl (C=O) groups excluding carboxylic acids is 2. The molecular formula is C17H22N2O2. The molecule has 3 rings (SSSR count). The number of fused-ring (bicyclic) bond motifs is 1. The fourth-order valence-electron chi connectivity index (χ4n) is 3.39. The number of nitrogens with zero attached hydrogens (tertiary/aromatic N) is 2. The zero-order valence-electron chi connectivity index (χ0n) is 12.5. The van der Waals surface area contributed by atoms with Gasteiger partial charge in [-0.2, -0.15) is 0 Å². The van der Waals surface area contributed by atoms with Crippen LogP contribution >= 0.6 is 0 Å². The molecule has 0 unspecified atom stereocenters. The van der Waals surface area contributed by atoms with Crippen LogP contribution in [-0.2, 0) is 11.3 Å². The van der Waals surface area contributed by atoms with Crippen molar-refractivity contribution in [3.05, 3.63) is 35.4 Å². The first-order valence-corrected chi connectivity index (χ1v) is 7.79. The largest absolute Gasteiger partial charge is 0.341 e. The van der Waals surface area contributed by atoms with E-state index in [1.54, 1.807) is 4.90 Å². The van der Waals surface area contributed by atoms with E-state index in [1.165, 1.54) is 19.3 Å². The maximum atomic E-state index is 12.4. The lowest BCUT2D eigenvalue weighted by Crippen LogP contribution is -2.44. The van der Waals surface area contributed by atoms with Crippen LogP contribution < -0.4 is 0 Å². The lowest BCUT2D eigenvalue weighted by Gasteiger charge is -2.32. The van der Waals surface area contributed by atoms with Crippen LogP contribution in [0, 0.1) is 0 Å². The SMILES string of the molecule is CN(C(=O)CN1Cc2ccccc2C1=O)C1CCCCC1. The fourth-order valence-corrected chi connectivity index (χ4v) is 3.39. The van der Waals surface area contributed by atoms with E-state index >= 15 is 0 Å². The summed E-state index contributed by atoms with van der Waals surface area (Å²) in [5, 5.41) is 0. The van der Waals surface area contributed by atoms with Crippen molar-refractivity contribution >= 4 is 11.8 Å². The lowest BCUT2D eigenvalue weighted by atomic mass is 9.94. The minimum atomic E-state index is -0.0176. The van der Waals surface area contributed by atoms with E-state index in [4.69, 9.17) is 0 Å². The highest BCUT2D eigenvalue weighted by Crippen LogP contribution is 2.24. The summed E-state index contributed by atoms with van der Waals surface area (Å²) in [4.78, 5) is 28.2. The van der Waals surface area contributed by atoms with Gasteiger partial charge in [-0.3, -0.25) is 9.59 Å². The molecule has 1 aliphatic heterocycles. The van der Waals surface area contributed by atoms with Crippen molar-refractivity contribution in [1.29, 1.82) is 0 Å². The van der Waals surface area contributed by atoms with Gasteiger partial charge in [-0.05, 0) is 24.5 Å². The van der Waals surface area contributed by atoms with E-state index < -0.39 is 0 Å². The lowest BCUT2D eigenvalue weighted by molar-refractivity contribution is -0.133. The molecule has 2 amide bonds. The normalized spacial score (nSPS) is 18.7. The van der Waals surface area contributed by atoms with Crippen LogP contribution in [0.5, 0.6) is 0 Å². The van der Waals surface area contributed by atoms with Crippen LogP contribution in [-0.4, -0.2) is 41.2 Å². The molecule has 21 heavy (non-hydrogen) atoms. The van der Waals surface area contributed by atoms with Crippen molar-refractivity contribution in [3.8, 4) is 0 Å². The molecule has 2 aliphatic rings. The van der Waals surface area contributed by atoms with Crippen LogP contribution in [0.15, 0.2) is 24.3 Å². The Morgan fingerprint density at radius 3 is 2.67 bits per heavy atom. The van der Waals surface area contributed by atoms with Crippen molar-refractivity contribution < 1.29 is 9.59 Å². The van der Waals surface area contributed by atoms with Gasteiger partial charge in [0.15, 0.2) is 0 Å². The number of hydrogen-bond donors (Lipinski definition) is 0. The second-order valence-electron chi connectivity index (χ2n) is 6.11. The minimum Gasteiger partial charge on any atom is -0.341 e. The Balaban J connectivity index is 1.62. The smallest absolute Gasteiger partial charge is 0.254 e. The molecule has 4 nitrogen and oxygen atoms in total. The molecule has 4 heteroatoms. The first kappa shape index (κ1) is 14.1. The standard InChI is InChI=1S/C17H22N2O2/c1-18(14-8-3-2-4-9-14)16(20)12-19-11-13-7-5-6-10-15(13)17(19)21/h5-7,10,14H,2-4,8-9,11-12H2,1H3. The van der Waals surface area contributed by atoms with Gasteiger partial charge in [0.1, 0.15) is 6.54 Å². The van der Waals surface area contributed by atoms with E-state index in [0.29, 0.717) is 12.6 Å². The first-order valence-electron chi connectivity index (χ1n) is 7.79. The van der Waals surface area contributed by atoms with E-state index in [0.717, 1.165) is 24.0 Å². The second kappa shape index (κ2) is 5.88. The summed E-state index contributed by atoms with van der Waals surface area (Å²) in [6, 6.07) is 7.96. The number of likely N-dealkylation sites (N-methyl/N-ethyl adjacent to an activating group) is 1. The van der Waals surface area contributed by atoms with Gasteiger partial charge in [-0.25, -0.2) is 0 Å². The molecule has 1 heterocycles. The van der Waals surface area contributed by atoms with Gasteiger partial charge < -0.3 is 9.80 Å². The van der Waals surface area contributed by atoms with Crippen LogP contribution in [0.2, 0.25) is 0 Å². The maximum Gasteiger partial charge on any atom is 0.254 e. The Kier molecular flexibility index (Phi) is 3.95. The van der Waals surface area contributed by atoms with E-state index in [1.807, 2.05) is 36.2 Å². The number of carbonyl (C=O) groups is 2. The molecule has 0 bridgehead atoms. The Morgan fingerprint density at radius 1 is 1.24 bits per heavy atom. The highest BCUT2D eigenvalue weighted by Gasteiger charge is 2.30. The molecule has 1 aromatic carbocycles. The Labute approximate surface area is 125 Å². The zero-order valence-corrected chi connectivity index (χ0v) is 12.5. The molecular weight excluding hydrogens is 264 g/mol. The molecule has 112 valence electrons. The summed E-state index contributed by atoms with van der Waals surface area (Å²) in [6.07, 6.45) is 5.87. The predicted octanol–water partition coefficient (Wildman–Crippen LogP) is 2.43. The number of hydrogen-bond acceptors (Lipinski definition) is 2. The van der Waals surface area contributed by atoms with Gasteiger partial charge in [-0.15, -0.1) is 0 Å². The molecule has 0 radical (unpaired) electrons. The van der Waals surface area contributed by atoms with Gasteiger partial charge in [0.25, 0.3) is 5.91 Å². The summed E-state index contributed by atoms with van der Waals surface area (Å²) < 4.78 is 0. The number of benzene rings is 1. The number of rotatable bonds is 3. The fraction of sp³-hybridized carbons (Fsp3) is 0.529. The summed E-state index contributed by atoms with van der Waals surface area (Å²) in [7, 11) is 1.88. The van der Waals surface area contributed by atoms with Crippen molar-refractivity contribution in [2.75, 3.05) is 13.6 Å². The van der Waals surface area contributed by atoms with Crippen molar-refractivity contribution in [3.63, 3.8) is 0 Å². The monoisotopic (exact) mass is 286 g/mol. The van der Waals surface area contributed by atoms with Crippen LogP contribution in [0.1, 0.15) is 48.0 Å². The first-order chi connectivity index (χ1) is 10.2. The molecule has 0 atom stereocenters. The van der Waals surface area contributed by atoms with E-state index in [9.17, 15) is 9.59 Å². The summed E-state index contributed by atoms with van der Waals surface area (Å²) in [5.74, 6) is 0.0408. The Hall–Kier alpha value is -1.84. The van der Waals surface area contributed by atoms with Crippen LogP contribution in [0.3, 0.4) is 0 Å². The predicted molar refractivity (Wildman–Crippen MR) is 80.8 cm³/mol. The average Bonchev–Trinajstić information content (AvgIpc) is 2.84. The van der Waals surface area contributed by atoms with Crippen molar-refractivity contribution in [2.45, 2.75) is 44.7 Å². The highest BCUT2D eigenvalue weighted by atomic mass is 16.2. The average molecular weight is 286 g/mol. The Morgan fingerprint density at radius 2 is 1.95 bits per heavy atom. The molecule has 1 fully saturated rings. The van der Waals surface area contributed by atoms with Crippen molar-refractivity contribution in [1.82, 2.24) is 9.80 Å². The molecule has 0 N–H and O–H groups in total. The third kappa shape index (κ3) is 2.80. The van der Waals surface area contributed by atoms with Crippen molar-refractivity contribution in [2.24, 2.45) is 0 Å². The van der Waals surface area contributed by atoms with Gasteiger partial charge in [0.2, 0.25) is 5.91 Å². The molecule has 0 saturated heterocycles. The summed E-state index contributed by atoms with van der Waals surface area (Å²) >= 11 is 0. The van der Waals surface area contributed by atoms with E-state index in [2.05, 4.69) is 0 Å². The Bertz CT molecular complexity index is 549. The second-order valence-corrected chi connectivity index (χ2v) is 6.11. The van der Waals surface area contributed by atoms with Crippen LogP contribution in [0.25, 0.3) is 0 Å². The number of amides is 2. The topological polar surface area (TPSA) is 40.6 Å². The molecule has 0 aromatic heterocycles. The van der Waals surface area contributed by atoms with Gasteiger partial charge in [0, 0.05) is 25.2 Å². The molecule has 1 aliphatic carbocycles. The third-order valence-electron chi connectivity index (χ3n) is 4.74. The zero-order chi connectivity index (χ0) is 14.8. The van der Waals surface area contributed by atoms with Gasteiger partial charge in [0.05, 0.1) is 0 Å². The summed E-state index contributed by atoms with van der Waals surface area (Å²) in [6.45, 7) is 0.750. The highest BCUT2D eigenvalue weighted by molar-refractivity contribution is 6.00. The van der Waals surface area contributed by atoms with Gasteiger partial charge in [-0.1, -0.05) is 37.5 Å². The molecule has 0 spiro atoms.